The summed E-state index contributed by atoms with van der Waals surface area (Å²) in [5.41, 5.74) is 1.58. The lowest BCUT2D eigenvalue weighted by Crippen LogP contribution is -2.19. The van der Waals surface area contributed by atoms with Gasteiger partial charge in [0.05, 0.1) is 18.2 Å². The molecule has 0 saturated carbocycles. The fourth-order valence-electron chi connectivity index (χ4n) is 1.27. The molecule has 4 heteroatoms. The Kier molecular flexibility index (Phi) is 5.87. The van der Waals surface area contributed by atoms with Crippen molar-refractivity contribution in [1.82, 2.24) is 5.32 Å². The number of benzene rings is 1. The van der Waals surface area contributed by atoms with Gasteiger partial charge in [-0.1, -0.05) is 17.7 Å². The molecule has 86 valence electrons. The van der Waals surface area contributed by atoms with Crippen LogP contribution in [0.2, 0.25) is 5.02 Å². The van der Waals surface area contributed by atoms with E-state index < -0.39 is 0 Å². The second kappa shape index (κ2) is 7.24. The zero-order chi connectivity index (χ0) is 11.8. The Hall–Kier alpha value is -1.08. The van der Waals surface area contributed by atoms with Gasteiger partial charge in [0.25, 0.3) is 0 Å². The van der Waals surface area contributed by atoms with E-state index in [1.165, 1.54) is 0 Å². The summed E-state index contributed by atoms with van der Waals surface area (Å²) < 4.78 is 5.20. The van der Waals surface area contributed by atoms with Crippen LogP contribution in [0.1, 0.15) is 18.1 Å². The summed E-state index contributed by atoms with van der Waals surface area (Å²) in [6.45, 7) is 4.89. The highest BCUT2D eigenvalue weighted by atomic mass is 35.5. The van der Waals surface area contributed by atoms with Gasteiger partial charge in [-0.05, 0) is 24.6 Å². The van der Waals surface area contributed by atoms with Crippen molar-refractivity contribution in [3.05, 3.63) is 34.3 Å². The maximum absolute atomic E-state index is 8.69. The van der Waals surface area contributed by atoms with Crippen LogP contribution in [0.15, 0.2) is 18.2 Å². The van der Waals surface area contributed by atoms with Crippen LogP contribution in [-0.4, -0.2) is 19.8 Å². The Morgan fingerprint density at radius 3 is 2.94 bits per heavy atom. The molecule has 0 fully saturated rings. The lowest BCUT2D eigenvalue weighted by atomic mass is 10.1. The van der Waals surface area contributed by atoms with Crippen LogP contribution in [-0.2, 0) is 11.3 Å². The van der Waals surface area contributed by atoms with Crippen molar-refractivity contribution in [1.29, 1.82) is 5.26 Å². The van der Waals surface area contributed by atoms with E-state index in [2.05, 4.69) is 11.4 Å². The maximum Gasteiger partial charge on any atom is 0.0992 e. The Morgan fingerprint density at radius 1 is 1.50 bits per heavy atom. The monoisotopic (exact) mass is 238 g/mol. The molecular formula is C12H15ClN2O. The van der Waals surface area contributed by atoms with E-state index in [1.807, 2.05) is 13.0 Å². The van der Waals surface area contributed by atoms with Gasteiger partial charge in [0.1, 0.15) is 0 Å². The van der Waals surface area contributed by atoms with E-state index in [4.69, 9.17) is 21.6 Å². The van der Waals surface area contributed by atoms with Crippen LogP contribution in [0, 0.1) is 11.3 Å². The average Bonchev–Trinajstić information content (AvgIpc) is 2.30. The number of nitriles is 1. The smallest absolute Gasteiger partial charge is 0.0992 e. The van der Waals surface area contributed by atoms with E-state index >= 15 is 0 Å². The van der Waals surface area contributed by atoms with Crippen molar-refractivity contribution >= 4 is 11.6 Å². The van der Waals surface area contributed by atoms with E-state index in [0.717, 1.165) is 18.7 Å². The second-order valence-corrected chi connectivity index (χ2v) is 3.70. The maximum atomic E-state index is 8.69. The highest BCUT2D eigenvalue weighted by Crippen LogP contribution is 2.17. The molecule has 0 bridgehead atoms. The zero-order valence-corrected chi connectivity index (χ0v) is 10.0. The molecule has 1 N–H and O–H groups in total. The van der Waals surface area contributed by atoms with Gasteiger partial charge in [0.2, 0.25) is 0 Å². The quantitative estimate of drug-likeness (QED) is 0.774. The van der Waals surface area contributed by atoms with E-state index in [0.29, 0.717) is 23.7 Å². The van der Waals surface area contributed by atoms with Gasteiger partial charge >= 0.3 is 0 Å². The first-order valence-corrected chi connectivity index (χ1v) is 5.62. The second-order valence-electron chi connectivity index (χ2n) is 3.29. The fraction of sp³-hybridized carbons (Fsp3) is 0.417. The molecule has 0 spiro atoms. The Balaban J connectivity index is 2.40. The number of halogens is 1. The minimum absolute atomic E-state index is 0.586. The molecule has 16 heavy (non-hydrogen) atoms. The highest BCUT2D eigenvalue weighted by Gasteiger charge is 2.01. The number of hydrogen-bond donors (Lipinski definition) is 1. The fourth-order valence-corrected chi connectivity index (χ4v) is 1.52. The minimum atomic E-state index is 0.586. The van der Waals surface area contributed by atoms with E-state index in [9.17, 15) is 0 Å². The lowest BCUT2D eigenvalue weighted by molar-refractivity contribution is 0.149. The summed E-state index contributed by atoms with van der Waals surface area (Å²) in [5, 5.41) is 12.5. The van der Waals surface area contributed by atoms with Crippen LogP contribution >= 0.6 is 11.6 Å². The van der Waals surface area contributed by atoms with Crippen LogP contribution in [0.4, 0.5) is 0 Å². The third-order valence-electron chi connectivity index (χ3n) is 2.12. The van der Waals surface area contributed by atoms with Crippen LogP contribution in [0.5, 0.6) is 0 Å². The molecule has 1 aromatic rings. The third-order valence-corrected chi connectivity index (χ3v) is 2.48. The normalized spacial score (nSPS) is 10.1. The summed E-state index contributed by atoms with van der Waals surface area (Å²) in [6.07, 6.45) is 0. The van der Waals surface area contributed by atoms with Crippen LogP contribution < -0.4 is 5.32 Å². The molecule has 0 saturated heterocycles. The first kappa shape index (κ1) is 13.0. The predicted octanol–water partition coefficient (Wildman–Crippen LogP) is 2.34. The van der Waals surface area contributed by atoms with Crippen molar-refractivity contribution < 1.29 is 4.74 Å². The van der Waals surface area contributed by atoms with Crippen LogP contribution in [0.25, 0.3) is 0 Å². The van der Waals surface area contributed by atoms with Gasteiger partial charge in [-0.3, -0.25) is 0 Å². The number of rotatable bonds is 6. The molecule has 1 aromatic carbocycles. The molecule has 0 radical (unpaired) electrons. The molecule has 0 aliphatic rings. The number of nitrogens with one attached hydrogen (secondary N) is 1. The Labute approximate surface area is 101 Å². The molecule has 0 unspecified atom stereocenters. The molecule has 0 aliphatic carbocycles. The van der Waals surface area contributed by atoms with Crippen molar-refractivity contribution in [2.45, 2.75) is 13.5 Å². The zero-order valence-electron chi connectivity index (χ0n) is 9.29. The van der Waals surface area contributed by atoms with Gasteiger partial charge in [0.15, 0.2) is 0 Å². The molecule has 0 atom stereocenters. The van der Waals surface area contributed by atoms with Gasteiger partial charge in [0, 0.05) is 24.7 Å². The molecular weight excluding hydrogens is 224 g/mol. The molecule has 3 nitrogen and oxygen atoms in total. The standard InChI is InChI=1S/C12H15ClN2O/c1-2-16-6-5-15-9-11-4-3-10(8-14)7-12(11)13/h3-4,7,15H,2,5-6,9H2,1H3. The molecule has 0 amide bonds. The van der Waals surface area contributed by atoms with Crippen LogP contribution in [0.3, 0.4) is 0 Å². The number of hydrogen-bond acceptors (Lipinski definition) is 3. The highest BCUT2D eigenvalue weighted by molar-refractivity contribution is 6.31. The Morgan fingerprint density at radius 2 is 2.31 bits per heavy atom. The lowest BCUT2D eigenvalue weighted by Gasteiger charge is -2.06. The molecule has 0 aromatic heterocycles. The van der Waals surface area contributed by atoms with Gasteiger partial charge in [-0.2, -0.15) is 5.26 Å². The summed E-state index contributed by atoms with van der Waals surface area (Å²) in [7, 11) is 0. The first-order chi connectivity index (χ1) is 7.77. The van der Waals surface area contributed by atoms with E-state index in [-0.39, 0.29) is 0 Å². The van der Waals surface area contributed by atoms with Crippen molar-refractivity contribution in [3.63, 3.8) is 0 Å². The Bertz CT molecular complexity index is 374. The van der Waals surface area contributed by atoms with Gasteiger partial charge < -0.3 is 10.1 Å². The summed E-state index contributed by atoms with van der Waals surface area (Å²) >= 11 is 6.03. The van der Waals surface area contributed by atoms with Gasteiger partial charge in [-0.15, -0.1) is 0 Å². The topological polar surface area (TPSA) is 45.0 Å². The van der Waals surface area contributed by atoms with E-state index in [1.54, 1.807) is 12.1 Å². The largest absolute Gasteiger partial charge is 0.380 e. The number of ether oxygens (including phenoxy) is 1. The molecule has 0 aliphatic heterocycles. The van der Waals surface area contributed by atoms with Crippen molar-refractivity contribution in [2.24, 2.45) is 0 Å². The summed E-state index contributed by atoms with van der Waals surface area (Å²) in [4.78, 5) is 0. The van der Waals surface area contributed by atoms with Crippen molar-refractivity contribution in [3.8, 4) is 6.07 Å². The SMILES string of the molecule is CCOCCNCc1ccc(C#N)cc1Cl. The first-order valence-electron chi connectivity index (χ1n) is 5.25. The average molecular weight is 239 g/mol. The van der Waals surface area contributed by atoms with Gasteiger partial charge in [-0.25, -0.2) is 0 Å². The minimum Gasteiger partial charge on any atom is -0.380 e. The van der Waals surface area contributed by atoms with Crippen molar-refractivity contribution in [2.75, 3.05) is 19.8 Å². The number of nitrogens with zero attached hydrogens (tertiary/aromatic N) is 1. The molecule has 1 rings (SSSR count). The predicted molar refractivity (Wildman–Crippen MR) is 64.4 cm³/mol. The molecule has 0 heterocycles. The summed E-state index contributed by atoms with van der Waals surface area (Å²) in [5.74, 6) is 0. The third kappa shape index (κ3) is 4.19. The summed E-state index contributed by atoms with van der Waals surface area (Å²) in [6, 6.07) is 7.37.